The highest BCUT2D eigenvalue weighted by molar-refractivity contribution is 8.00. The molecule has 0 heterocycles. The van der Waals surface area contributed by atoms with E-state index in [0.717, 1.165) is 23.3 Å². The molecule has 0 spiro atoms. The molecule has 0 aliphatic heterocycles. The Morgan fingerprint density at radius 3 is 2.38 bits per heavy atom. The van der Waals surface area contributed by atoms with E-state index in [4.69, 9.17) is 0 Å². The van der Waals surface area contributed by atoms with Crippen molar-refractivity contribution in [2.45, 2.75) is 63.1 Å². The number of nitrogens with one attached hydrogen (secondary N) is 1. The molecule has 5 heteroatoms. The van der Waals surface area contributed by atoms with Gasteiger partial charge in [-0.1, -0.05) is 60.9 Å². The van der Waals surface area contributed by atoms with Crippen LogP contribution in [-0.4, -0.2) is 34.6 Å². The SMILES string of the molecule is Cc1ccc(CN(C(=O)CSc2ccccc2)[C@H](C)C(=O)NC2CCCC2)cc1. The molecular weight excluding hydrogens is 380 g/mol. The first-order valence-corrected chi connectivity index (χ1v) is 11.3. The molecule has 0 aromatic heterocycles. The molecule has 29 heavy (non-hydrogen) atoms. The molecule has 1 fully saturated rings. The van der Waals surface area contributed by atoms with Gasteiger partial charge in [0.2, 0.25) is 11.8 Å². The summed E-state index contributed by atoms with van der Waals surface area (Å²) in [5.41, 5.74) is 2.22. The van der Waals surface area contributed by atoms with Gasteiger partial charge in [0.1, 0.15) is 6.04 Å². The van der Waals surface area contributed by atoms with Crippen LogP contribution in [0.5, 0.6) is 0 Å². The van der Waals surface area contributed by atoms with Crippen molar-refractivity contribution < 1.29 is 9.59 Å². The molecule has 1 aliphatic rings. The van der Waals surface area contributed by atoms with Crippen LogP contribution in [0, 0.1) is 6.92 Å². The highest BCUT2D eigenvalue weighted by Gasteiger charge is 2.28. The quantitative estimate of drug-likeness (QED) is 0.649. The molecule has 1 aliphatic carbocycles. The molecule has 0 bridgehead atoms. The first-order chi connectivity index (χ1) is 14.0. The molecule has 1 N–H and O–H groups in total. The summed E-state index contributed by atoms with van der Waals surface area (Å²) in [5, 5.41) is 3.14. The number of rotatable bonds is 8. The summed E-state index contributed by atoms with van der Waals surface area (Å²) in [6.07, 6.45) is 4.40. The molecule has 1 saturated carbocycles. The molecule has 2 aromatic rings. The van der Waals surface area contributed by atoms with Gasteiger partial charge in [-0.25, -0.2) is 0 Å². The zero-order valence-corrected chi connectivity index (χ0v) is 18.1. The normalized spacial score (nSPS) is 15.1. The van der Waals surface area contributed by atoms with Crippen LogP contribution in [0.3, 0.4) is 0 Å². The maximum Gasteiger partial charge on any atom is 0.242 e. The van der Waals surface area contributed by atoms with Crippen LogP contribution in [0.4, 0.5) is 0 Å². The molecule has 2 aromatic carbocycles. The summed E-state index contributed by atoms with van der Waals surface area (Å²) in [7, 11) is 0. The Kier molecular flexibility index (Phi) is 7.76. The van der Waals surface area contributed by atoms with Crippen molar-refractivity contribution >= 4 is 23.6 Å². The van der Waals surface area contributed by atoms with Crippen LogP contribution in [-0.2, 0) is 16.1 Å². The van der Waals surface area contributed by atoms with Crippen molar-refractivity contribution in [3.63, 3.8) is 0 Å². The lowest BCUT2D eigenvalue weighted by molar-refractivity contribution is -0.138. The average molecular weight is 411 g/mol. The van der Waals surface area contributed by atoms with E-state index in [2.05, 4.69) is 5.32 Å². The fourth-order valence-corrected chi connectivity index (χ4v) is 4.42. The minimum atomic E-state index is -0.499. The van der Waals surface area contributed by atoms with Gasteiger partial charge in [-0.15, -0.1) is 11.8 Å². The Morgan fingerprint density at radius 2 is 1.72 bits per heavy atom. The molecule has 154 valence electrons. The van der Waals surface area contributed by atoms with E-state index in [9.17, 15) is 9.59 Å². The second-order valence-corrected chi connectivity index (χ2v) is 8.82. The van der Waals surface area contributed by atoms with Crippen LogP contribution in [0.2, 0.25) is 0 Å². The van der Waals surface area contributed by atoms with Gasteiger partial charge in [-0.05, 0) is 44.4 Å². The van der Waals surface area contributed by atoms with E-state index in [1.165, 1.54) is 30.2 Å². The van der Waals surface area contributed by atoms with Gasteiger partial charge >= 0.3 is 0 Å². The van der Waals surface area contributed by atoms with Gasteiger partial charge in [0.25, 0.3) is 0 Å². The first-order valence-electron chi connectivity index (χ1n) is 10.4. The summed E-state index contributed by atoms with van der Waals surface area (Å²) in [5.74, 6) is 0.243. The minimum absolute atomic E-state index is 0.0199. The van der Waals surface area contributed by atoms with E-state index in [0.29, 0.717) is 12.3 Å². The van der Waals surface area contributed by atoms with Crippen molar-refractivity contribution in [3.8, 4) is 0 Å². The molecule has 4 nitrogen and oxygen atoms in total. The van der Waals surface area contributed by atoms with Crippen molar-refractivity contribution in [1.82, 2.24) is 10.2 Å². The fraction of sp³-hybridized carbons (Fsp3) is 0.417. The number of thioether (sulfide) groups is 1. The van der Waals surface area contributed by atoms with Crippen LogP contribution < -0.4 is 5.32 Å². The Balaban J connectivity index is 1.69. The Bertz CT molecular complexity index is 801. The number of nitrogens with zero attached hydrogens (tertiary/aromatic N) is 1. The minimum Gasteiger partial charge on any atom is -0.352 e. The maximum atomic E-state index is 13.1. The number of benzene rings is 2. The Labute approximate surface area is 178 Å². The van der Waals surface area contributed by atoms with Crippen LogP contribution in [0.25, 0.3) is 0 Å². The van der Waals surface area contributed by atoms with Crippen molar-refractivity contribution in [1.29, 1.82) is 0 Å². The number of hydrogen-bond acceptors (Lipinski definition) is 3. The van der Waals surface area contributed by atoms with E-state index in [-0.39, 0.29) is 17.9 Å². The highest BCUT2D eigenvalue weighted by atomic mass is 32.2. The van der Waals surface area contributed by atoms with Crippen LogP contribution in [0.1, 0.15) is 43.7 Å². The zero-order valence-electron chi connectivity index (χ0n) is 17.3. The Hall–Kier alpha value is -2.27. The van der Waals surface area contributed by atoms with Gasteiger partial charge < -0.3 is 10.2 Å². The molecule has 0 radical (unpaired) electrons. The third-order valence-corrected chi connectivity index (χ3v) is 6.44. The number of amides is 2. The number of carbonyl (C=O) groups is 2. The van der Waals surface area contributed by atoms with Crippen molar-refractivity contribution in [3.05, 3.63) is 65.7 Å². The fourth-order valence-electron chi connectivity index (χ4n) is 3.61. The van der Waals surface area contributed by atoms with Crippen LogP contribution in [0.15, 0.2) is 59.5 Å². The summed E-state index contributed by atoms with van der Waals surface area (Å²) >= 11 is 1.51. The molecule has 0 saturated heterocycles. The van der Waals surface area contributed by atoms with Crippen LogP contribution >= 0.6 is 11.8 Å². The summed E-state index contributed by atoms with van der Waals surface area (Å²) in [6.45, 7) is 4.32. The molecule has 3 rings (SSSR count). The largest absolute Gasteiger partial charge is 0.352 e. The van der Waals surface area contributed by atoms with Gasteiger partial charge in [0.15, 0.2) is 0 Å². The number of hydrogen-bond donors (Lipinski definition) is 1. The molecule has 2 amide bonds. The average Bonchev–Trinajstić information content (AvgIpc) is 3.25. The smallest absolute Gasteiger partial charge is 0.242 e. The molecule has 0 unspecified atom stereocenters. The first kappa shape index (κ1) is 21.4. The topological polar surface area (TPSA) is 49.4 Å². The number of aryl methyl sites for hydroxylation is 1. The summed E-state index contributed by atoms with van der Waals surface area (Å²) in [4.78, 5) is 28.7. The van der Waals surface area contributed by atoms with E-state index in [1.807, 2.05) is 68.4 Å². The predicted octanol–water partition coefficient (Wildman–Crippen LogP) is 4.56. The predicted molar refractivity (Wildman–Crippen MR) is 119 cm³/mol. The third-order valence-electron chi connectivity index (χ3n) is 5.45. The lowest BCUT2D eigenvalue weighted by Gasteiger charge is -2.29. The number of carbonyl (C=O) groups excluding carboxylic acids is 2. The van der Waals surface area contributed by atoms with E-state index < -0.39 is 6.04 Å². The lowest BCUT2D eigenvalue weighted by Crippen LogP contribution is -2.50. The monoisotopic (exact) mass is 410 g/mol. The molecular formula is C24H30N2O2S. The third kappa shape index (κ3) is 6.36. The zero-order chi connectivity index (χ0) is 20.6. The highest BCUT2D eigenvalue weighted by Crippen LogP contribution is 2.21. The second-order valence-electron chi connectivity index (χ2n) is 7.77. The summed E-state index contributed by atoms with van der Waals surface area (Å²) in [6, 6.07) is 17.8. The second kappa shape index (κ2) is 10.5. The lowest BCUT2D eigenvalue weighted by atomic mass is 10.1. The maximum absolute atomic E-state index is 13.1. The van der Waals surface area contributed by atoms with Gasteiger partial charge in [0, 0.05) is 17.5 Å². The Morgan fingerprint density at radius 1 is 1.07 bits per heavy atom. The van der Waals surface area contributed by atoms with Crippen molar-refractivity contribution in [2.24, 2.45) is 0 Å². The van der Waals surface area contributed by atoms with E-state index in [1.54, 1.807) is 4.90 Å². The van der Waals surface area contributed by atoms with Gasteiger partial charge in [-0.2, -0.15) is 0 Å². The van der Waals surface area contributed by atoms with Gasteiger partial charge in [-0.3, -0.25) is 9.59 Å². The van der Waals surface area contributed by atoms with Crippen molar-refractivity contribution in [2.75, 3.05) is 5.75 Å². The summed E-state index contributed by atoms with van der Waals surface area (Å²) < 4.78 is 0. The molecule has 1 atom stereocenters. The van der Waals surface area contributed by atoms with E-state index >= 15 is 0 Å². The van der Waals surface area contributed by atoms with Gasteiger partial charge in [0.05, 0.1) is 5.75 Å². The standard InChI is InChI=1S/C24H30N2O2S/c1-18-12-14-20(15-13-18)16-26(19(2)24(28)25-21-8-6-7-9-21)23(27)17-29-22-10-4-3-5-11-22/h3-5,10-15,19,21H,6-9,16-17H2,1-2H3,(H,25,28)/t19-/m1/s1.